The summed E-state index contributed by atoms with van der Waals surface area (Å²) in [6.45, 7) is 4.54. The van der Waals surface area contributed by atoms with Crippen molar-refractivity contribution in [1.29, 1.82) is 0 Å². The summed E-state index contributed by atoms with van der Waals surface area (Å²) in [5.74, 6) is 2.61. The summed E-state index contributed by atoms with van der Waals surface area (Å²) in [5, 5.41) is 9.84. The van der Waals surface area contributed by atoms with Crippen molar-refractivity contribution in [3.05, 3.63) is 11.8 Å². The zero-order valence-electron chi connectivity index (χ0n) is 14.3. The molecule has 0 aliphatic heterocycles. The van der Waals surface area contributed by atoms with E-state index in [9.17, 15) is 14.7 Å². The van der Waals surface area contributed by atoms with Crippen molar-refractivity contribution in [3.63, 3.8) is 0 Å². The molecule has 4 aliphatic carbocycles. The van der Waals surface area contributed by atoms with E-state index >= 15 is 0 Å². The summed E-state index contributed by atoms with van der Waals surface area (Å²) in [4.78, 5) is 24.5. The van der Waals surface area contributed by atoms with Crippen LogP contribution in [-0.4, -0.2) is 16.7 Å². The van der Waals surface area contributed by atoms with Crippen LogP contribution in [0.4, 0.5) is 0 Å². The van der Waals surface area contributed by atoms with Gasteiger partial charge in [0.1, 0.15) is 11.6 Å². The van der Waals surface area contributed by atoms with Crippen LogP contribution in [0, 0.1) is 34.5 Å². The summed E-state index contributed by atoms with van der Waals surface area (Å²) in [5.41, 5.74) is 1.07. The van der Waals surface area contributed by atoms with Crippen LogP contribution in [-0.2, 0) is 9.59 Å². The molecule has 0 aromatic carbocycles. The predicted octanol–water partition coefficient (Wildman–Crippen LogP) is 4.22. The number of ketones is 2. The maximum Gasteiger partial charge on any atom is 0.139 e. The number of rotatable bonds is 0. The molecule has 23 heavy (non-hydrogen) atoms. The quantitative estimate of drug-likeness (QED) is 0.681. The number of aliphatic hydroxyl groups excluding tert-OH is 1. The van der Waals surface area contributed by atoms with E-state index in [0.29, 0.717) is 42.2 Å². The van der Waals surface area contributed by atoms with E-state index < -0.39 is 0 Å². The average molecular weight is 316 g/mol. The molecule has 3 nitrogen and oxygen atoms in total. The van der Waals surface area contributed by atoms with Gasteiger partial charge >= 0.3 is 0 Å². The van der Waals surface area contributed by atoms with E-state index in [1.165, 1.54) is 6.26 Å². The van der Waals surface area contributed by atoms with Gasteiger partial charge in [-0.2, -0.15) is 0 Å². The first-order valence-electron chi connectivity index (χ1n) is 9.28. The summed E-state index contributed by atoms with van der Waals surface area (Å²) in [7, 11) is 0. The molecule has 4 rings (SSSR count). The van der Waals surface area contributed by atoms with Crippen LogP contribution in [0.25, 0.3) is 0 Å². The number of carbonyl (C=O) groups is 2. The monoisotopic (exact) mass is 316 g/mol. The van der Waals surface area contributed by atoms with Crippen molar-refractivity contribution in [2.24, 2.45) is 34.5 Å². The lowest BCUT2D eigenvalue weighted by Crippen LogP contribution is -2.54. The van der Waals surface area contributed by atoms with Crippen LogP contribution in [0.1, 0.15) is 65.2 Å². The smallest absolute Gasteiger partial charge is 0.139 e. The minimum absolute atomic E-state index is 0.123. The molecule has 0 saturated heterocycles. The van der Waals surface area contributed by atoms with Gasteiger partial charge in [-0.1, -0.05) is 13.8 Å². The first-order chi connectivity index (χ1) is 10.9. The Morgan fingerprint density at radius 1 is 1.04 bits per heavy atom. The Labute approximate surface area is 138 Å². The molecule has 1 unspecified atom stereocenters. The average Bonchev–Trinajstić information content (AvgIpc) is 2.83. The van der Waals surface area contributed by atoms with Crippen molar-refractivity contribution < 1.29 is 14.7 Å². The minimum atomic E-state index is -0.130. The summed E-state index contributed by atoms with van der Waals surface area (Å²) >= 11 is 0. The number of fused-ring (bicyclic) bond motifs is 5. The number of aliphatic hydroxyl groups is 1. The summed E-state index contributed by atoms with van der Waals surface area (Å²) in [6.07, 6.45) is 8.32. The third-order valence-corrected chi connectivity index (χ3v) is 8.25. The molecule has 4 aliphatic rings. The highest BCUT2D eigenvalue weighted by molar-refractivity contribution is 5.87. The Hall–Kier alpha value is -1.12. The second kappa shape index (κ2) is 4.94. The number of hydrogen-bond acceptors (Lipinski definition) is 3. The molecule has 126 valence electrons. The molecular weight excluding hydrogens is 288 g/mol. The lowest BCUT2D eigenvalue weighted by Gasteiger charge is -2.59. The summed E-state index contributed by atoms with van der Waals surface area (Å²) in [6, 6.07) is 0. The molecule has 0 spiro atoms. The second-order valence-corrected chi connectivity index (χ2v) is 9.00. The molecule has 0 heterocycles. The van der Waals surface area contributed by atoms with Crippen molar-refractivity contribution in [3.8, 4) is 0 Å². The molecule has 1 N–H and O–H groups in total. The van der Waals surface area contributed by atoms with Crippen LogP contribution in [0.2, 0.25) is 0 Å². The fraction of sp³-hybridized carbons (Fsp3) is 0.800. The van der Waals surface area contributed by atoms with Gasteiger partial charge < -0.3 is 5.11 Å². The van der Waals surface area contributed by atoms with Gasteiger partial charge in [0.05, 0.1) is 6.26 Å². The van der Waals surface area contributed by atoms with Crippen molar-refractivity contribution in [1.82, 2.24) is 0 Å². The lowest BCUT2D eigenvalue weighted by molar-refractivity contribution is -0.139. The van der Waals surface area contributed by atoms with E-state index in [-0.39, 0.29) is 16.7 Å². The highest BCUT2D eigenvalue weighted by Crippen LogP contribution is 2.66. The normalized spacial score (nSPS) is 51.3. The Morgan fingerprint density at radius 3 is 2.57 bits per heavy atom. The second-order valence-electron chi connectivity index (χ2n) is 9.00. The van der Waals surface area contributed by atoms with Gasteiger partial charge in [-0.25, -0.2) is 0 Å². The molecule has 0 amide bonds. The highest BCUT2D eigenvalue weighted by Gasteiger charge is 2.61. The number of carbonyl (C=O) groups excluding carboxylic acids is 2. The van der Waals surface area contributed by atoms with Crippen LogP contribution in [0.15, 0.2) is 11.8 Å². The van der Waals surface area contributed by atoms with Gasteiger partial charge in [-0.15, -0.1) is 0 Å². The molecule has 0 radical (unpaired) electrons. The van der Waals surface area contributed by atoms with Gasteiger partial charge in [-0.3, -0.25) is 9.59 Å². The first-order valence-corrected chi connectivity index (χ1v) is 9.28. The molecule has 0 aromatic heterocycles. The Kier molecular flexibility index (Phi) is 3.31. The van der Waals surface area contributed by atoms with Gasteiger partial charge in [0.25, 0.3) is 0 Å². The third kappa shape index (κ3) is 1.94. The fourth-order valence-corrected chi connectivity index (χ4v) is 6.86. The molecule has 4 saturated carbocycles. The Balaban J connectivity index is 1.73. The van der Waals surface area contributed by atoms with Crippen molar-refractivity contribution in [2.75, 3.05) is 0 Å². The molecular formula is C20H28O3. The van der Waals surface area contributed by atoms with Gasteiger partial charge in [-0.05, 0) is 66.8 Å². The summed E-state index contributed by atoms with van der Waals surface area (Å²) < 4.78 is 0. The molecule has 4 fully saturated rings. The van der Waals surface area contributed by atoms with Gasteiger partial charge in [0.15, 0.2) is 0 Å². The predicted molar refractivity (Wildman–Crippen MR) is 87.8 cm³/mol. The Morgan fingerprint density at radius 2 is 1.83 bits per heavy atom. The first kappa shape index (κ1) is 15.4. The molecule has 0 bridgehead atoms. The highest BCUT2D eigenvalue weighted by atomic mass is 16.2. The van der Waals surface area contributed by atoms with Crippen molar-refractivity contribution in [2.45, 2.75) is 65.2 Å². The van der Waals surface area contributed by atoms with Gasteiger partial charge in [0, 0.05) is 24.7 Å². The van der Waals surface area contributed by atoms with E-state index in [1.807, 2.05) is 0 Å². The topological polar surface area (TPSA) is 54.4 Å². The molecule has 3 heteroatoms. The number of Topliss-reactive ketones (excluding diaryl/α,β-unsaturated/α-hetero) is 2. The van der Waals surface area contributed by atoms with E-state index in [2.05, 4.69) is 13.8 Å². The van der Waals surface area contributed by atoms with Crippen LogP contribution in [0.3, 0.4) is 0 Å². The maximum atomic E-state index is 12.5. The van der Waals surface area contributed by atoms with Gasteiger partial charge in [0.2, 0.25) is 0 Å². The number of allylic oxidation sites excluding steroid dienone is 1. The SMILES string of the molecule is C[C@]12CCC(=O)CC1C(=CO)C[C@@H]1[C@@H]2CC[C@]2(C)C(=O)CC[C@@H]12. The van der Waals surface area contributed by atoms with E-state index in [1.54, 1.807) is 0 Å². The molecule has 6 atom stereocenters. The van der Waals surface area contributed by atoms with Crippen LogP contribution in [0.5, 0.6) is 0 Å². The minimum Gasteiger partial charge on any atom is -0.516 e. The zero-order chi connectivity index (χ0) is 16.4. The lowest BCUT2D eigenvalue weighted by atomic mass is 9.44. The largest absolute Gasteiger partial charge is 0.516 e. The molecule has 0 aromatic rings. The van der Waals surface area contributed by atoms with Crippen LogP contribution < -0.4 is 0 Å². The standard InChI is InChI=1S/C20H28O3/c1-19-7-5-13(22)10-17(19)12(11-21)9-14-15-3-4-18(23)20(15,2)8-6-16(14)19/h11,14-17,21H,3-10H2,1-2H3/t14-,15-,16-,17?,19+,20-/m0/s1. The van der Waals surface area contributed by atoms with E-state index in [0.717, 1.165) is 44.1 Å². The van der Waals surface area contributed by atoms with Crippen molar-refractivity contribution >= 4 is 11.6 Å². The number of hydrogen-bond donors (Lipinski definition) is 1. The third-order valence-electron chi connectivity index (χ3n) is 8.25. The zero-order valence-corrected chi connectivity index (χ0v) is 14.3. The van der Waals surface area contributed by atoms with E-state index in [4.69, 9.17) is 0 Å². The maximum absolute atomic E-state index is 12.5. The Bertz CT molecular complexity index is 592. The van der Waals surface area contributed by atoms with Crippen LogP contribution >= 0.6 is 0 Å². The fourth-order valence-electron chi connectivity index (χ4n) is 6.86.